The summed E-state index contributed by atoms with van der Waals surface area (Å²) < 4.78 is 0. The maximum Gasteiger partial charge on any atom is 0.261 e. The molecule has 154 valence electrons. The molecule has 29 heavy (non-hydrogen) atoms. The molecule has 3 rings (SSSR count). The molecule has 0 bridgehead atoms. The SMILES string of the molecule is CN=C(NCCN1C(=O)c2ccccc2C1=O)NCC(C)c1cccc(C)c1.I. The number of amides is 2. The van der Waals surface area contributed by atoms with Gasteiger partial charge in [-0.25, -0.2) is 0 Å². The highest BCUT2D eigenvalue weighted by molar-refractivity contribution is 14.0. The average Bonchev–Trinajstić information content (AvgIpc) is 2.95. The Morgan fingerprint density at radius 2 is 1.69 bits per heavy atom. The number of fused-ring (bicyclic) bond motifs is 1. The lowest BCUT2D eigenvalue weighted by molar-refractivity contribution is 0.0657. The third-order valence-electron chi connectivity index (χ3n) is 4.92. The van der Waals surface area contributed by atoms with Gasteiger partial charge in [-0.3, -0.25) is 19.5 Å². The third-order valence-corrected chi connectivity index (χ3v) is 4.92. The molecule has 2 aromatic carbocycles. The lowest BCUT2D eigenvalue weighted by Crippen LogP contribution is -2.43. The lowest BCUT2D eigenvalue weighted by atomic mass is 9.99. The van der Waals surface area contributed by atoms with E-state index in [-0.39, 0.29) is 35.8 Å². The molecule has 2 N–H and O–H groups in total. The molecule has 1 atom stereocenters. The van der Waals surface area contributed by atoms with Gasteiger partial charge < -0.3 is 10.6 Å². The fourth-order valence-electron chi connectivity index (χ4n) is 3.29. The molecular weight excluding hydrogens is 479 g/mol. The van der Waals surface area contributed by atoms with E-state index in [1.807, 2.05) is 0 Å². The molecule has 7 heteroatoms. The Morgan fingerprint density at radius 1 is 1.03 bits per heavy atom. The second kappa shape index (κ2) is 10.4. The van der Waals surface area contributed by atoms with E-state index in [1.54, 1.807) is 31.3 Å². The van der Waals surface area contributed by atoms with E-state index in [9.17, 15) is 9.59 Å². The number of carbonyl (C=O) groups is 2. The van der Waals surface area contributed by atoms with Crippen molar-refractivity contribution in [1.29, 1.82) is 0 Å². The largest absolute Gasteiger partial charge is 0.356 e. The van der Waals surface area contributed by atoms with Crippen molar-refractivity contribution in [2.75, 3.05) is 26.7 Å². The standard InChI is InChI=1S/C22H26N4O2.HI/c1-15-7-6-8-17(13-15)16(2)14-25-22(23-3)24-11-12-26-20(27)18-9-4-5-10-19(18)21(26)28;/h4-10,13,16H,11-12,14H2,1-3H3,(H2,23,24,25);1H. The maximum absolute atomic E-state index is 12.4. The topological polar surface area (TPSA) is 73.8 Å². The summed E-state index contributed by atoms with van der Waals surface area (Å²) in [4.78, 5) is 30.3. The first-order chi connectivity index (χ1) is 13.5. The number of halogens is 1. The van der Waals surface area contributed by atoms with Crippen molar-refractivity contribution in [2.24, 2.45) is 4.99 Å². The number of benzene rings is 2. The first-order valence-corrected chi connectivity index (χ1v) is 9.47. The molecular formula is C22H27IN4O2. The summed E-state index contributed by atoms with van der Waals surface area (Å²) >= 11 is 0. The molecule has 0 aliphatic carbocycles. The normalized spacial score (nSPS) is 14.3. The van der Waals surface area contributed by atoms with Crippen molar-refractivity contribution in [3.8, 4) is 0 Å². The minimum atomic E-state index is -0.238. The summed E-state index contributed by atoms with van der Waals surface area (Å²) in [6.07, 6.45) is 0. The van der Waals surface area contributed by atoms with E-state index in [4.69, 9.17) is 0 Å². The smallest absolute Gasteiger partial charge is 0.261 e. The van der Waals surface area contributed by atoms with Gasteiger partial charge in [0.05, 0.1) is 11.1 Å². The van der Waals surface area contributed by atoms with Crippen LogP contribution in [0.1, 0.15) is 44.7 Å². The van der Waals surface area contributed by atoms with Crippen LogP contribution in [0, 0.1) is 6.92 Å². The average molecular weight is 506 g/mol. The molecule has 0 fully saturated rings. The first-order valence-electron chi connectivity index (χ1n) is 9.47. The molecule has 0 radical (unpaired) electrons. The number of rotatable bonds is 6. The highest BCUT2D eigenvalue weighted by Gasteiger charge is 2.34. The molecule has 1 aliphatic rings. The number of imide groups is 1. The Hall–Kier alpha value is -2.42. The van der Waals surface area contributed by atoms with Gasteiger partial charge in [-0.2, -0.15) is 0 Å². The van der Waals surface area contributed by atoms with Crippen LogP contribution in [0.25, 0.3) is 0 Å². The van der Waals surface area contributed by atoms with Gasteiger partial charge in [-0.1, -0.05) is 48.9 Å². The zero-order valence-electron chi connectivity index (χ0n) is 16.9. The molecule has 0 spiro atoms. The molecule has 1 aliphatic heterocycles. The van der Waals surface area contributed by atoms with Gasteiger partial charge in [0, 0.05) is 26.7 Å². The maximum atomic E-state index is 12.4. The number of aryl methyl sites for hydroxylation is 1. The van der Waals surface area contributed by atoms with Crippen LogP contribution >= 0.6 is 24.0 Å². The molecule has 2 amide bonds. The van der Waals surface area contributed by atoms with Gasteiger partial charge in [0.25, 0.3) is 11.8 Å². The minimum absolute atomic E-state index is 0. The summed E-state index contributed by atoms with van der Waals surface area (Å²) in [6, 6.07) is 15.4. The number of nitrogens with one attached hydrogen (secondary N) is 2. The molecule has 0 aromatic heterocycles. The summed E-state index contributed by atoms with van der Waals surface area (Å²) in [7, 11) is 1.70. The van der Waals surface area contributed by atoms with E-state index >= 15 is 0 Å². The number of nitrogens with zero attached hydrogens (tertiary/aromatic N) is 2. The third kappa shape index (κ3) is 5.35. The van der Waals surface area contributed by atoms with Crippen LogP contribution in [-0.4, -0.2) is 49.4 Å². The van der Waals surface area contributed by atoms with E-state index < -0.39 is 0 Å². The van der Waals surface area contributed by atoms with Crippen LogP contribution < -0.4 is 10.6 Å². The predicted molar refractivity (Wildman–Crippen MR) is 126 cm³/mol. The monoisotopic (exact) mass is 506 g/mol. The van der Waals surface area contributed by atoms with Crippen molar-refractivity contribution < 1.29 is 9.59 Å². The van der Waals surface area contributed by atoms with Gasteiger partial charge in [-0.15, -0.1) is 24.0 Å². The molecule has 1 unspecified atom stereocenters. The van der Waals surface area contributed by atoms with Gasteiger partial charge in [0.2, 0.25) is 0 Å². The summed E-state index contributed by atoms with van der Waals surface area (Å²) in [5, 5.41) is 6.48. The molecule has 1 heterocycles. The number of carbonyl (C=O) groups excluding carboxylic acids is 2. The van der Waals surface area contributed by atoms with Gasteiger partial charge >= 0.3 is 0 Å². The molecule has 6 nitrogen and oxygen atoms in total. The lowest BCUT2D eigenvalue weighted by Gasteiger charge is -2.18. The zero-order valence-corrected chi connectivity index (χ0v) is 19.3. The van der Waals surface area contributed by atoms with E-state index in [0.29, 0.717) is 36.1 Å². The summed E-state index contributed by atoms with van der Waals surface area (Å²) in [5.74, 6) is 0.502. The van der Waals surface area contributed by atoms with Crippen molar-refractivity contribution in [3.05, 3.63) is 70.8 Å². The zero-order chi connectivity index (χ0) is 20.1. The van der Waals surface area contributed by atoms with Crippen LogP contribution in [0.3, 0.4) is 0 Å². The summed E-state index contributed by atoms with van der Waals surface area (Å²) in [5.41, 5.74) is 3.46. The minimum Gasteiger partial charge on any atom is -0.356 e. The van der Waals surface area contributed by atoms with Crippen LogP contribution in [0.2, 0.25) is 0 Å². The Bertz CT molecular complexity index is 878. The number of hydrogen-bond donors (Lipinski definition) is 2. The Kier molecular flexibility index (Phi) is 8.19. The second-order valence-corrected chi connectivity index (χ2v) is 7.00. The van der Waals surface area contributed by atoms with Crippen LogP contribution in [-0.2, 0) is 0 Å². The number of hydrogen-bond acceptors (Lipinski definition) is 3. The Morgan fingerprint density at radius 3 is 2.28 bits per heavy atom. The first kappa shape index (κ1) is 22.9. The molecule has 2 aromatic rings. The quantitative estimate of drug-likeness (QED) is 0.273. The van der Waals surface area contributed by atoms with Crippen molar-refractivity contribution in [1.82, 2.24) is 15.5 Å². The van der Waals surface area contributed by atoms with Crippen molar-refractivity contribution in [3.63, 3.8) is 0 Å². The van der Waals surface area contributed by atoms with E-state index in [2.05, 4.69) is 53.7 Å². The fourth-order valence-corrected chi connectivity index (χ4v) is 3.29. The van der Waals surface area contributed by atoms with Gasteiger partial charge in [-0.05, 0) is 30.5 Å². The van der Waals surface area contributed by atoms with Crippen LogP contribution in [0.5, 0.6) is 0 Å². The van der Waals surface area contributed by atoms with Gasteiger partial charge in [0.15, 0.2) is 5.96 Å². The van der Waals surface area contributed by atoms with Crippen molar-refractivity contribution >= 4 is 41.8 Å². The van der Waals surface area contributed by atoms with Crippen LogP contribution in [0.4, 0.5) is 0 Å². The van der Waals surface area contributed by atoms with Crippen LogP contribution in [0.15, 0.2) is 53.5 Å². The Balaban J connectivity index is 0.00000300. The molecule has 0 saturated heterocycles. The molecule has 0 saturated carbocycles. The van der Waals surface area contributed by atoms with E-state index in [0.717, 1.165) is 6.54 Å². The number of aliphatic imine (C=N–C) groups is 1. The second-order valence-electron chi connectivity index (χ2n) is 7.00. The highest BCUT2D eigenvalue weighted by atomic mass is 127. The fraction of sp³-hybridized carbons (Fsp3) is 0.318. The predicted octanol–water partition coefficient (Wildman–Crippen LogP) is 3.18. The number of guanidine groups is 1. The summed E-state index contributed by atoms with van der Waals surface area (Å²) in [6.45, 7) is 5.71. The van der Waals surface area contributed by atoms with Gasteiger partial charge in [0.1, 0.15) is 0 Å². The Labute approximate surface area is 188 Å². The van der Waals surface area contributed by atoms with Crippen molar-refractivity contribution in [2.45, 2.75) is 19.8 Å². The highest BCUT2D eigenvalue weighted by Crippen LogP contribution is 2.21. The van der Waals surface area contributed by atoms with E-state index in [1.165, 1.54) is 16.0 Å².